The Labute approximate surface area is 338 Å². The van der Waals surface area contributed by atoms with Crippen molar-refractivity contribution in [2.75, 3.05) is 20.8 Å². The molecule has 4 aromatic rings. The fourth-order valence-electron chi connectivity index (χ4n) is 9.36. The summed E-state index contributed by atoms with van der Waals surface area (Å²) in [6.45, 7) is 6.17. The van der Waals surface area contributed by atoms with Gasteiger partial charge in [-0.2, -0.15) is 0 Å². The van der Waals surface area contributed by atoms with E-state index in [1.165, 1.54) is 14.2 Å². The van der Waals surface area contributed by atoms with Gasteiger partial charge in [-0.05, 0) is 96.0 Å². The van der Waals surface area contributed by atoms with Crippen molar-refractivity contribution in [3.05, 3.63) is 84.4 Å². The number of hydrogen-bond donors (Lipinski definition) is 3. The maximum absolute atomic E-state index is 13.6. The Morgan fingerprint density at radius 2 is 1.48 bits per heavy atom. The highest BCUT2D eigenvalue weighted by Gasteiger charge is 2.50. The van der Waals surface area contributed by atoms with E-state index in [4.69, 9.17) is 19.5 Å². The lowest BCUT2D eigenvalue weighted by atomic mass is 9.95. The van der Waals surface area contributed by atoms with Gasteiger partial charge >= 0.3 is 12.2 Å². The molecule has 3 aliphatic heterocycles. The highest BCUT2D eigenvalue weighted by Crippen LogP contribution is 2.50. The quantitative estimate of drug-likeness (QED) is 0.153. The molecule has 1 aromatic heterocycles. The summed E-state index contributed by atoms with van der Waals surface area (Å²) in [7, 11) is 2.59. The van der Waals surface area contributed by atoms with Crippen LogP contribution in [0.2, 0.25) is 0 Å². The zero-order valence-corrected chi connectivity index (χ0v) is 33.7. The molecular formula is C45H51N7O6. The van der Waals surface area contributed by atoms with Gasteiger partial charge in [0.2, 0.25) is 11.8 Å². The van der Waals surface area contributed by atoms with Crippen LogP contribution >= 0.6 is 0 Å². The number of aromatic nitrogens is 2. The SMILES string of the molecule is COC(=O)N[C@@H](C)C(=O)N1[C@@H]2CC[C@@H](C2)[C@H]1c1ncc(-c2ccc3cc(-c4ccc(C5=CN=C([C@@H]6CCCN6C(=O)[C@@H](NC(=O)OC)C(C)C)C5)cc4)ccc3c2)[nH]1. The number of carbonyl (C=O) groups excluding carboxylic acids is 4. The molecule has 2 saturated heterocycles. The lowest BCUT2D eigenvalue weighted by Gasteiger charge is -2.36. The second-order valence-electron chi connectivity index (χ2n) is 16.3. The van der Waals surface area contributed by atoms with Crippen molar-refractivity contribution in [3.8, 4) is 22.4 Å². The first-order chi connectivity index (χ1) is 28.0. The van der Waals surface area contributed by atoms with Crippen LogP contribution in [-0.2, 0) is 19.1 Å². The summed E-state index contributed by atoms with van der Waals surface area (Å²) in [5.41, 5.74) is 7.33. The number of aliphatic imine (C=N–C) groups is 1. The topological polar surface area (TPSA) is 158 Å². The molecule has 0 radical (unpaired) electrons. The molecule has 4 heterocycles. The maximum Gasteiger partial charge on any atom is 0.407 e. The predicted molar refractivity (Wildman–Crippen MR) is 222 cm³/mol. The van der Waals surface area contributed by atoms with Crippen LogP contribution in [0.15, 0.2) is 78.1 Å². The lowest BCUT2D eigenvalue weighted by Crippen LogP contribution is -2.53. The second kappa shape index (κ2) is 16.1. The molecule has 3 N–H and O–H groups in total. The normalized spacial score (nSPS) is 22.2. The standard InChI is InChI=1S/C45H51N7O6/c1-25(2)39(50-45(56)58-5)43(54)51-18-6-7-38(51)36-22-34(23-46-36)28-10-8-27(9-11-28)29-12-13-31-20-32(15-14-30(31)19-29)37-24-47-41(49-37)40-33-16-17-35(21-33)52(40)42(53)26(3)48-44(55)57-4/h8-15,19-20,23-26,33,35,38-40H,6-7,16-18,21-22H2,1-5H3,(H,47,49)(H,48,55)(H,50,56)/t26-,33-,35+,38-,39-,40-/m0/s1. The van der Waals surface area contributed by atoms with Crippen molar-refractivity contribution in [3.63, 3.8) is 0 Å². The van der Waals surface area contributed by atoms with E-state index in [-0.39, 0.29) is 35.9 Å². The number of imidazole rings is 1. The summed E-state index contributed by atoms with van der Waals surface area (Å²) in [5, 5.41) is 7.58. The highest BCUT2D eigenvalue weighted by atomic mass is 16.5. The number of aromatic amines is 1. The third kappa shape index (κ3) is 7.45. The number of benzene rings is 3. The number of H-pyrrole nitrogens is 1. The van der Waals surface area contributed by atoms with Crippen LogP contribution in [0.1, 0.15) is 76.7 Å². The van der Waals surface area contributed by atoms with Gasteiger partial charge in [0.15, 0.2) is 0 Å². The molecule has 1 aliphatic carbocycles. The number of carbonyl (C=O) groups is 4. The van der Waals surface area contributed by atoms with E-state index in [9.17, 15) is 19.2 Å². The Morgan fingerprint density at radius 3 is 2.21 bits per heavy atom. The third-order valence-corrected chi connectivity index (χ3v) is 12.4. The molecule has 3 aromatic carbocycles. The first-order valence-electron chi connectivity index (χ1n) is 20.3. The number of likely N-dealkylation sites (tertiary alicyclic amines) is 2. The first kappa shape index (κ1) is 38.9. The fraction of sp³-hybridized carbons (Fsp3) is 0.422. The average molecular weight is 786 g/mol. The van der Waals surface area contributed by atoms with Crippen molar-refractivity contribution in [1.82, 2.24) is 30.4 Å². The Bertz CT molecular complexity index is 2300. The molecule has 8 rings (SSSR count). The van der Waals surface area contributed by atoms with Crippen LogP contribution in [0.4, 0.5) is 9.59 Å². The van der Waals surface area contributed by atoms with Crippen LogP contribution in [0.25, 0.3) is 38.7 Å². The molecule has 4 aliphatic rings. The number of hydrogen-bond acceptors (Lipinski definition) is 8. The number of nitrogens with zero attached hydrogens (tertiary/aromatic N) is 4. The van der Waals surface area contributed by atoms with Gasteiger partial charge in [-0.1, -0.05) is 62.4 Å². The van der Waals surface area contributed by atoms with Gasteiger partial charge in [0.05, 0.1) is 38.2 Å². The van der Waals surface area contributed by atoms with Crippen LogP contribution in [0.3, 0.4) is 0 Å². The van der Waals surface area contributed by atoms with Gasteiger partial charge in [-0.3, -0.25) is 14.6 Å². The zero-order chi connectivity index (χ0) is 40.7. The Balaban J connectivity index is 0.922. The molecule has 0 unspecified atom stereocenters. The van der Waals surface area contributed by atoms with Crippen LogP contribution < -0.4 is 10.6 Å². The second-order valence-corrected chi connectivity index (χ2v) is 16.3. The van der Waals surface area contributed by atoms with E-state index in [1.54, 1.807) is 6.92 Å². The molecule has 302 valence electrons. The van der Waals surface area contributed by atoms with E-state index in [0.29, 0.717) is 18.9 Å². The van der Waals surface area contributed by atoms with Gasteiger partial charge in [0, 0.05) is 36.5 Å². The zero-order valence-electron chi connectivity index (χ0n) is 33.7. The number of piperidine rings is 1. The minimum atomic E-state index is -0.698. The molecule has 13 heteroatoms. The summed E-state index contributed by atoms with van der Waals surface area (Å²) >= 11 is 0. The number of amides is 4. The van der Waals surface area contributed by atoms with E-state index < -0.39 is 24.3 Å². The van der Waals surface area contributed by atoms with Gasteiger partial charge in [0.25, 0.3) is 0 Å². The molecule has 58 heavy (non-hydrogen) atoms. The number of fused-ring (bicyclic) bond motifs is 3. The Kier molecular flexibility index (Phi) is 10.8. The van der Waals surface area contributed by atoms with Crippen LogP contribution in [-0.4, -0.2) is 94.4 Å². The number of nitrogens with one attached hydrogen (secondary N) is 3. The number of allylic oxidation sites excluding steroid dienone is 1. The molecule has 3 fully saturated rings. The Hall–Kier alpha value is -5.98. The molecular weight excluding hydrogens is 735 g/mol. The fourth-order valence-corrected chi connectivity index (χ4v) is 9.36. The van der Waals surface area contributed by atoms with E-state index >= 15 is 0 Å². The van der Waals surface area contributed by atoms with Gasteiger partial charge < -0.3 is 34.9 Å². The monoisotopic (exact) mass is 785 g/mol. The summed E-state index contributed by atoms with van der Waals surface area (Å²) in [6.07, 6.45) is 7.90. The molecule has 0 spiro atoms. The molecule has 6 atom stereocenters. The van der Waals surface area contributed by atoms with Crippen molar-refractivity contribution >= 4 is 46.1 Å². The third-order valence-electron chi connectivity index (χ3n) is 12.4. The largest absolute Gasteiger partial charge is 0.453 e. The van der Waals surface area contributed by atoms with E-state index in [0.717, 1.165) is 87.9 Å². The number of ether oxygens (including phenoxy) is 2. The molecule has 1 saturated carbocycles. The van der Waals surface area contributed by atoms with E-state index in [2.05, 4.69) is 76.3 Å². The number of rotatable bonds is 10. The summed E-state index contributed by atoms with van der Waals surface area (Å²) < 4.78 is 9.50. The van der Waals surface area contributed by atoms with Crippen molar-refractivity contribution in [2.24, 2.45) is 16.8 Å². The van der Waals surface area contributed by atoms with Crippen molar-refractivity contribution in [2.45, 2.75) is 89.5 Å². The summed E-state index contributed by atoms with van der Waals surface area (Å²) in [4.78, 5) is 67.8. The van der Waals surface area contributed by atoms with Gasteiger partial charge in [0.1, 0.15) is 17.9 Å². The summed E-state index contributed by atoms with van der Waals surface area (Å²) in [5.74, 6) is 0.798. The van der Waals surface area contributed by atoms with Crippen molar-refractivity contribution < 1.29 is 28.7 Å². The molecule has 4 amide bonds. The highest BCUT2D eigenvalue weighted by molar-refractivity contribution is 6.04. The molecule has 2 bridgehead atoms. The van der Waals surface area contributed by atoms with Crippen LogP contribution in [0, 0.1) is 11.8 Å². The van der Waals surface area contributed by atoms with Crippen molar-refractivity contribution in [1.29, 1.82) is 0 Å². The smallest absolute Gasteiger partial charge is 0.407 e. The predicted octanol–water partition coefficient (Wildman–Crippen LogP) is 7.25. The van der Waals surface area contributed by atoms with Gasteiger partial charge in [-0.25, -0.2) is 14.6 Å². The lowest BCUT2D eigenvalue weighted by molar-refractivity contribution is -0.137. The minimum Gasteiger partial charge on any atom is -0.453 e. The number of methoxy groups -OCH3 is 2. The van der Waals surface area contributed by atoms with E-state index in [1.807, 2.05) is 36.0 Å². The molecule has 13 nitrogen and oxygen atoms in total. The first-order valence-corrected chi connectivity index (χ1v) is 20.3. The number of alkyl carbamates (subject to hydrolysis) is 2. The summed E-state index contributed by atoms with van der Waals surface area (Å²) in [6, 6.07) is 20.0. The maximum atomic E-state index is 13.6. The van der Waals surface area contributed by atoms with Crippen LogP contribution in [0.5, 0.6) is 0 Å². The minimum absolute atomic E-state index is 0.0827. The average Bonchev–Trinajstić information content (AvgIpc) is 4.10. The van der Waals surface area contributed by atoms with Gasteiger partial charge in [-0.15, -0.1) is 0 Å². The Morgan fingerprint density at radius 1 is 0.810 bits per heavy atom.